The highest BCUT2D eigenvalue weighted by molar-refractivity contribution is 5.78. The lowest BCUT2D eigenvalue weighted by Gasteiger charge is -2.18. The van der Waals surface area contributed by atoms with Crippen molar-refractivity contribution >= 4 is 11.7 Å². The van der Waals surface area contributed by atoms with Crippen LogP contribution in [0.15, 0.2) is 4.99 Å². The number of amides is 1. The maximum Gasteiger partial charge on any atom is 0.223 e. The monoisotopic (exact) mass is 213 g/mol. The zero-order chi connectivity index (χ0) is 11.8. The second-order valence-corrected chi connectivity index (χ2v) is 4.13. The summed E-state index contributed by atoms with van der Waals surface area (Å²) in [5, 5.41) is 2.70. The Kier molecular flexibility index (Phi) is 6.75. The third kappa shape index (κ3) is 6.10. The molecule has 0 rings (SSSR count). The number of aliphatic imine (C=N–C) groups is 1. The molecule has 0 aliphatic heterocycles. The fraction of sp³-hybridized carbons (Fsp3) is 0.818. The van der Waals surface area contributed by atoms with Crippen LogP contribution in [0.4, 0.5) is 0 Å². The van der Waals surface area contributed by atoms with Gasteiger partial charge in [-0.2, -0.15) is 0 Å². The first-order valence-corrected chi connectivity index (χ1v) is 5.47. The number of nitrogens with two attached hydrogens (primary N) is 1. The number of nitrogens with zero attached hydrogens (tertiary/aromatic N) is 1. The van der Waals surface area contributed by atoms with Gasteiger partial charge in [0.1, 0.15) is 0 Å². The third-order valence-electron chi connectivity index (χ3n) is 2.42. The number of carbonyl (C=O) groups excluding carboxylic acids is 1. The Morgan fingerprint density at radius 1 is 1.47 bits per heavy atom. The van der Waals surface area contributed by atoms with Crippen molar-refractivity contribution in [1.82, 2.24) is 5.32 Å². The van der Waals surface area contributed by atoms with E-state index in [9.17, 15) is 4.79 Å². The van der Waals surface area contributed by atoms with E-state index in [1.165, 1.54) is 0 Å². The Labute approximate surface area is 92.3 Å². The minimum atomic E-state index is 0.0864. The van der Waals surface area contributed by atoms with Gasteiger partial charge in [0.05, 0.1) is 5.84 Å². The number of carbonyl (C=O) groups is 1. The molecule has 0 bridgehead atoms. The zero-order valence-corrected chi connectivity index (χ0v) is 10.2. The molecule has 0 aliphatic carbocycles. The van der Waals surface area contributed by atoms with Crippen molar-refractivity contribution in [1.29, 1.82) is 0 Å². The first kappa shape index (κ1) is 13.9. The molecule has 0 aromatic rings. The summed E-state index contributed by atoms with van der Waals surface area (Å²) >= 11 is 0. The molecule has 0 heterocycles. The molecule has 0 spiro atoms. The molecule has 1 atom stereocenters. The molecule has 1 unspecified atom stereocenters. The summed E-state index contributed by atoms with van der Waals surface area (Å²) in [7, 11) is 1.68. The van der Waals surface area contributed by atoms with Crippen LogP contribution in [0.5, 0.6) is 0 Å². The first-order valence-electron chi connectivity index (χ1n) is 5.47. The molecule has 15 heavy (non-hydrogen) atoms. The average Bonchev–Trinajstić information content (AvgIpc) is 2.15. The Bertz CT molecular complexity index is 220. The second kappa shape index (κ2) is 7.26. The standard InChI is InChI=1S/C11H23N3O/c1-8(2)10(11(15)13-4)6-5-7-14-9(3)12/h8,10H,5-7H2,1-4H3,(H2,12,14)(H,13,15). The minimum absolute atomic E-state index is 0.0864. The molecule has 0 saturated heterocycles. The fourth-order valence-corrected chi connectivity index (χ4v) is 1.52. The summed E-state index contributed by atoms with van der Waals surface area (Å²) in [6.07, 6.45) is 1.78. The summed E-state index contributed by atoms with van der Waals surface area (Å²) in [4.78, 5) is 15.6. The van der Waals surface area contributed by atoms with Crippen molar-refractivity contribution in [3.63, 3.8) is 0 Å². The van der Waals surface area contributed by atoms with Crippen molar-refractivity contribution in [3.8, 4) is 0 Å². The topological polar surface area (TPSA) is 67.5 Å². The minimum Gasteiger partial charge on any atom is -0.388 e. The number of hydrogen-bond donors (Lipinski definition) is 2. The Hall–Kier alpha value is -1.06. The quantitative estimate of drug-likeness (QED) is 0.395. The van der Waals surface area contributed by atoms with Gasteiger partial charge < -0.3 is 11.1 Å². The van der Waals surface area contributed by atoms with Crippen LogP contribution < -0.4 is 11.1 Å². The van der Waals surface area contributed by atoms with Crippen molar-refractivity contribution in [2.45, 2.75) is 33.6 Å². The van der Waals surface area contributed by atoms with E-state index in [4.69, 9.17) is 5.73 Å². The highest BCUT2D eigenvalue weighted by Crippen LogP contribution is 2.17. The van der Waals surface area contributed by atoms with E-state index in [-0.39, 0.29) is 11.8 Å². The number of hydrogen-bond acceptors (Lipinski definition) is 2. The van der Waals surface area contributed by atoms with Gasteiger partial charge in [-0.25, -0.2) is 0 Å². The van der Waals surface area contributed by atoms with Gasteiger partial charge in [0.15, 0.2) is 0 Å². The van der Waals surface area contributed by atoms with Crippen LogP contribution >= 0.6 is 0 Å². The van der Waals surface area contributed by atoms with Crippen LogP contribution in [0.2, 0.25) is 0 Å². The van der Waals surface area contributed by atoms with Gasteiger partial charge in [-0.05, 0) is 25.7 Å². The molecule has 0 aliphatic rings. The van der Waals surface area contributed by atoms with E-state index < -0.39 is 0 Å². The predicted octanol–water partition coefficient (Wildman–Crippen LogP) is 1.16. The third-order valence-corrected chi connectivity index (χ3v) is 2.42. The van der Waals surface area contributed by atoms with Gasteiger partial charge in [0, 0.05) is 19.5 Å². The molecule has 3 N–H and O–H groups in total. The van der Waals surface area contributed by atoms with Crippen LogP contribution in [0, 0.1) is 11.8 Å². The zero-order valence-electron chi connectivity index (χ0n) is 10.2. The lowest BCUT2D eigenvalue weighted by molar-refractivity contribution is -0.126. The van der Waals surface area contributed by atoms with E-state index >= 15 is 0 Å². The molecular formula is C11H23N3O. The molecule has 0 fully saturated rings. The lowest BCUT2D eigenvalue weighted by atomic mass is 9.90. The van der Waals surface area contributed by atoms with Gasteiger partial charge in [-0.1, -0.05) is 13.8 Å². The summed E-state index contributed by atoms with van der Waals surface area (Å²) < 4.78 is 0. The van der Waals surface area contributed by atoms with Gasteiger partial charge in [-0.15, -0.1) is 0 Å². The highest BCUT2D eigenvalue weighted by Gasteiger charge is 2.19. The van der Waals surface area contributed by atoms with Crippen LogP contribution in [-0.2, 0) is 4.79 Å². The highest BCUT2D eigenvalue weighted by atomic mass is 16.1. The fourth-order valence-electron chi connectivity index (χ4n) is 1.52. The van der Waals surface area contributed by atoms with Gasteiger partial charge in [-0.3, -0.25) is 9.79 Å². The SMILES string of the molecule is CNC(=O)C(CCCN=C(C)N)C(C)C. The number of rotatable bonds is 6. The summed E-state index contributed by atoms with van der Waals surface area (Å²) in [6, 6.07) is 0. The molecule has 0 radical (unpaired) electrons. The summed E-state index contributed by atoms with van der Waals surface area (Å²) in [6.45, 7) is 6.62. The largest absolute Gasteiger partial charge is 0.388 e. The molecule has 1 amide bonds. The van der Waals surface area contributed by atoms with Gasteiger partial charge in [0.2, 0.25) is 5.91 Å². The van der Waals surface area contributed by atoms with Gasteiger partial charge in [0.25, 0.3) is 0 Å². The average molecular weight is 213 g/mol. The lowest BCUT2D eigenvalue weighted by Crippen LogP contribution is -2.30. The molecule has 0 aromatic carbocycles. The molecule has 0 aromatic heterocycles. The number of nitrogens with one attached hydrogen (secondary N) is 1. The smallest absolute Gasteiger partial charge is 0.223 e. The maximum atomic E-state index is 11.5. The first-order chi connectivity index (χ1) is 6.99. The Morgan fingerprint density at radius 2 is 2.07 bits per heavy atom. The normalized spacial score (nSPS) is 14.1. The molecular weight excluding hydrogens is 190 g/mol. The summed E-state index contributed by atoms with van der Waals surface area (Å²) in [5.41, 5.74) is 5.43. The Balaban J connectivity index is 3.98. The Morgan fingerprint density at radius 3 is 2.47 bits per heavy atom. The van der Waals surface area contributed by atoms with Crippen LogP contribution in [-0.4, -0.2) is 25.3 Å². The van der Waals surface area contributed by atoms with E-state index in [0.29, 0.717) is 18.3 Å². The van der Waals surface area contributed by atoms with Crippen molar-refractivity contribution in [2.75, 3.05) is 13.6 Å². The maximum absolute atomic E-state index is 11.5. The molecule has 4 heteroatoms. The molecule has 88 valence electrons. The van der Waals surface area contributed by atoms with Crippen LogP contribution in [0.1, 0.15) is 33.6 Å². The van der Waals surface area contributed by atoms with Crippen LogP contribution in [0.3, 0.4) is 0 Å². The van der Waals surface area contributed by atoms with E-state index in [1.54, 1.807) is 14.0 Å². The van der Waals surface area contributed by atoms with Crippen molar-refractivity contribution < 1.29 is 4.79 Å². The van der Waals surface area contributed by atoms with Crippen molar-refractivity contribution in [2.24, 2.45) is 22.6 Å². The van der Waals surface area contributed by atoms with Gasteiger partial charge >= 0.3 is 0 Å². The van der Waals surface area contributed by atoms with Crippen molar-refractivity contribution in [3.05, 3.63) is 0 Å². The van der Waals surface area contributed by atoms with Crippen LogP contribution in [0.25, 0.3) is 0 Å². The van der Waals surface area contributed by atoms with E-state index in [1.807, 2.05) is 0 Å². The van der Waals surface area contributed by atoms with E-state index in [2.05, 4.69) is 24.2 Å². The molecule has 0 saturated carbocycles. The molecule has 4 nitrogen and oxygen atoms in total. The van der Waals surface area contributed by atoms with E-state index in [0.717, 1.165) is 12.8 Å². The predicted molar refractivity (Wildman–Crippen MR) is 63.8 cm³/mol. The summed E-state index contributed by atoms with van der Waals surface area (Å²) in [5.74, 6) is 1.19. The number of amidine groups is 1. The second-order valence-electron chi connectivity index (χ2n) is 4.13.